The number of ether oxygens (including phenoxy) is 1. The summed E-state index contributed by atoms with van der Waals surface area (Å²) in [6, 6.07) is 8.86. The minimum absolute atomic E-state index is 0.229. The van der Waals surface area contributed by atoms with Gasteiger partial charge in [0.15, 0.2) is 0 Å². The molecule has 0 aliphatic carbocycles. The van der Waals surface area contributed by atoms with E-state index in [0.717, 1.165) is 11.6 Å². The molecule has 0 spiro atoms. The summed E-state index contributed by atoms with van der Waals surface area (Å²) >= 11 is 6.30. The van der Waals surface area contributed by atoms with Crippen molar-refractivity contribution >= 4 is 11.6 Å². The zero-order valence-corrected chi connectivity index (χ0v) is 11.3. The Morgan fingerprint density at radius 3 is 2.42 bits per heavy atom. The Morgan fingerprint density at radius 2 is 1.79 bits per heavy atom. The Morgan fingerprint density at radius 1 is 1.05 bits per heavy atom. The normalized spacial score (nSPS) is 12.3. The Balaban J connectivity index is 2.49. The fourth-order valence-electron chi connectivity index (χ4n) is 1.93. The van der Waals surface area contributed by atoms with Gasteiger partial charge in [0.25, 0.3) is 0 Å². The van der Waals surface area contributed by atoms with Gasteiger partial charge in [0.05, 0.1) is 12.5 Å². The molecule has 4 heteroatoms. The van der Waals surface area contributed by atoms with Crippen molar-refractivity contribution in [1.29, 1.82) is 0 Å². The van der Waals surface area contributed by atoms with Gasteiger partial charge in [-0.2, -0.15) is 0 Å². The van der Waals surface area contributed by atoms with E-state index < -0.39 is 17.0 Å². The fraction of sp³-hybridized carbons (Fsp3) is 0.200. The molecule has 0 saturated heterocycles. The van der Waals surface area contributed by atoms with Crippen LogP contribution in [-0.2, 0) is 0 Å². The summed E-state index contributed by atoms with van der Waals surface area (Å²) in [5.41, 5.74) is 1.88. The van der Waals surface area contributed by atoms with E-state index in [9.17, 15) is 8.78 Å². The number of alkyl halides is 1. The highest BCUT2D eigenvalue weighted by Gasteiger charge is 2.19. The summed E-state index contributed by atoms with van der Waals surface area (Å²) in [7, 11) is 1.53. The molecule has 0 bridgehead atoms. The van der Waals surface area contributed by atoms with Crippen LogP contribution in [0.25, 0.3) is 0 Å². The summed E-state index contributed by atoms with van der Waals surface area (Å²) in [6.07, 6.45) is 0. The van der Waals surface area contributed by atoms with Gasteiger partial charge in [-0.05, 0) is 19.1 Å². The van der Waals surface area contributed by atoms with Gasteiger partial charge in [-0.1, -0.05) is 23.8 Å². The first kappa shape index (κ1) is 13.8. The summed E-state index contributed by atoms with van der Waals surface area (Å²) < 4.78 is 31.9. The summed E-state index contributed by atoms with van der Waals surface area (Å²) in [5.74, 6) is -0.709. The van der Waals surface area contributed by atoms with Crippen LogP contribution in [0.5, 0.6) is 5.75 Å². The lowest BCUT2D eigenvalue weighted by atomic mass is 10.0. The molecule has 0 aromatic heterocycles. The molecule has 0 N–H and O–H groups in total. The van der Waals surface area contributed by atoms with Crippen molar-refractivity contribution in [3.63, 3.8) is 0 Å². The molecule has 0 aliphatic rings. The largest absolute Gasteiger partial charge is 0.496 e. The molecule has 0 amide bonds. The van der Waals surface area contributed by atoms with Gasteiger partial charge in [-0.3, -0.25) is 0 Å². The van der Waals surface area contributed by atoms with Crippen molar-refractivity contribution in [1.82, 2.24) is 0 Å². The number of rotatable bonds is 3. The highest BCUT2D eigenvalue weighted by molar-refractivity contribution is 6.22. The first-order valence-electron chi connectivity index (χ1n) is 5.76. The Labute approximate surface area is 115 Å². The summed E-state index contributed by atoms with van der Waals surface area (Å²) in [6.45, 7) is 1.91. The smallest absolute Gasteiger partial charge is 0.131 e. The maximum Gasteiger partial charge on any atom is 0.131 e. The van der Waals surface area contributed by atoms with Crippen molar-refractivity contribution in [3.8, 4) is 5.75 Å². The molecule has 1 unspecified atom stereocenters. The van der Waals surface area contributed by atoms with E-state index >= 15 is 0 Å². The molecule has 2 aromatic rings. The average Bonchev–Trinajstić information content (AvgIpc) is 2.38. The first-order valence-corrected chi connectivity index (χ1v) is 6.20. The highest BCUT2D eigenvalue weighted by Crippen LogP contribution is 2.36. The number of hydrogen-bond donors (Lipinski definition) is 0. The lowest BCUT2D eigenvalue weighted by molar-refractivity contribution is 0.410. The van der Waals surface area contributed by atoms with Gasteiger partial charge >= 0.3 is 0 Å². The van der Waals surface area contributed by atoms with Gasteiger partial charge in [-0.25, -0.2) is 8.78 Å². The Hall–Kier alpha value is -1.61. The maximum absolute atomic E-state index is 13.8. The van der Waals surface area contributed by atoms with E-state index in [1.807, 2.05) is 19.1 Å². The van der Waals surface area contributed by atoms with E-state index in [2.05, 4.69) is 0 Å². The average molecular weight is 283 g/mol. The predicted molar refractivity (Wildman–Crippen MR) is 71.8 cm³/mol. The lowest BCUT2D eigenvalue weighted by Gasteiger charge is -2.15. The zero-order chi connectivity index (χ0) is 14.0. The minimum Gasteiger partial charge on any atom is -0.496 e. The molecule has 100 valence electrons. The maximum atomic E-state index is 13.8. The summed E-state index contributed by atoms with van der Waals surface area (Å²) in [5, 5.41) is -0.726. The second kappa shape index (κ2) is 5.57. The van der Waals surface area contributed by atoms with Gasteiger partial charge in [-0.15, -0.1) is 11.6 Å². The van der Waals surface area contributed by atoms with Crippen LogP contribution in [0.3, 0.4) is 0 Å². The standard InChI is InChI=1S/C15H13ClF2O/c1-9-3-6-14(19-2)12(7-9)15(16)11-5-4-10(17)8-13(11)18/h3-8,15H,1-2H3. The van der Waals surface area contributed by atoms with Crippen molar-refractivity contribution in [2.75, 3.05) is 7.11 Å². The Bertz CT molecular complexity index is 599. The number of methoxy groups -OCH3 is 1. The quantitative estimate of drug-likeness (QED) is 0.747. The van der Waals surface area contributed by atoms with Gasteiger partial charge < -0.3 is 4.74 Å². The second-order valence-electron chi connectivity index (χ2n) is 4.27. The molecule has 1 atom stereocenters. The second-order valence-corrected chi connectivity index (χ2v) is 4.71. The van der Waals surface area contributed by atoms with Crippen molar-refractivity contribution < 1.29 is 13.5 Å². The molecule has 0 aliphatic heterocycles. The van der Waals surface area contributed by atoms with Gasteiger partial charge in [0.2, 0.25) is 0 Å². The fourth-order valence-corrected chi connectivity index (χ4v) is 2.27. The van der Waals surface area contributed by atoms with Crippen LogP contribution in [0.1, 0.15) is 22.1 Å². The molecule has 19 heavy (non-hydrogen) atoms. The molecule has 1 nitrogen and oxygen atoms in total. The van der Waals surface area contributed by atoms with Crippen LogP contribution in [0, 0.1) is 18.6 Å². The molecule has 0 saturated carbocycles. The van der Waals surface area contributed by atoms with Crippen molar-refractivity contribution in [2.45, 2.75) is 12.3 Å². The third kappa shape index (κ3) is 2.87. The van der Waals surface area contributed by atoms with E-state index in [1.54, 1.807) is 6.07 Å². The number of halogens is 3. The van der Waals surface area contributed by atoms with Crippen molar-refractivity contribution in [3.05, 3.63) is 64.7 Å². The van der Waals surface area contributed by atoms with Crippen LogP contribution in [0.4, 0.5) is 8.78 Å². The highest BCUT2D eigenvalue weighted by atomic mass is 35.5. The topological polar surface area (TPSA) is 9.23 Å². The van der Waals surface area contributed by atoms with Crippen LogP contribution >= 0.6 is 11.6 Å². The third-order valence-corrected chi connectivity index (χ3v) is 3.36. The lowest BCUT2D eigenvalue weighted by Crippen LogP contribution is -2.01. The molecule has 2 rings (SSSR count). The van der Waals surface area contributed by atoms with Crippen LogP contribution < -0.4 is 4.74 Å². The number of aryl methyl sites for hydroxylation is 1. The van der Waals surface area contributed by atoms with E-state index in [0.29, 0.717) is 11.3 Å². The van der Waals surface area contributed by atoms with E-state index in [-0.39, 0.29) is 5.56 Å². The number of benzene rings is 2. The Kier molecular flexibility index (Phi) is 4.05. The first-order chi connectivity index (χ1) is 9.02. The van der Waals surface area contributed by atoms with E-state index in [1.165, 1.54) is 19.2 Å². The van der Waals surface area contributed by atoms with Crippen LogP contribution in [-0.4, -0.2) is 7.11 Å². The van der Waals surface area contributed by atoms with Gasteiger partial charge in [0, 0.05) is 17.2 Å². The predicted octanol–water partition coefficient (Wildman–Crippen LogP) is 4.61. The molecular weight excluding hydrogens is 270 g/mol. The third-order valence-electron chi connectivity index (χ3n) is 2.89. The van der Waals surface area contributed by atoms with E-state index in [4.69, 9.17) is 16.3 Å². The van der Waals surface area contributed by atoms with Gasteiger partial charge in [0.1, 0.15) is 17.4 Å². The molecule has 0 radical (unpaired) electrons. The molecule has 0 heterocycles. The van der Waals surface area contributed by atoms with Crippen LogP contribution in [0.2, 0.25) is 0 Å². The molecular formula is C15H13ClF2O. The zero-order valence-electron chi connectivity index (χ0n) is 10.6. The monoisotopic (exact) mass is 282 g/mol. The molecule has 0 fully saturated rings. The minimum atomic E-state index is -0.726. The van der Waals surface area contributed by atoms with Crippen LogP contribution in [0.15, 0.2) is 36.4 Å². The molecule has 2 aromatic carbocycles. The number of hydrogen-bond acceptors (Lipinski definition) is 1. The summed E-state index contributed by atoms with van der Waals surface area (Å²) in [4.78, 5) is 0. The van der Waals surface area contributed by atoms with Crippen molar-refractivity contribution in [2.24, 2.45) is 0 Å². The SMILES string of the molecule is COc1ccc(C)cc1C(Cl)c1ccc(F)cc1F.